The number of hydrogen-bond acceptors (Lipinski definition) is 8. The Hall–Kier alpha value is -2.64. The van der Waals surface area contributed by atoms with Crippen LogP contribution in [0.25, 0.3) is 0 Å². The van der Waals surface area contributed by atoms with Gasteiger partial charge in [0.1, 0.15) is 17.2 Å². The largest absolute Gasteiger partial charge is 0.474 e. The van der Waals surface area contributed by atoms with Crippen molar-refractivity contribution < 1.29 is 32.3 Å². The molecule has 0 aromatic carbocycles. The van der Waals surface area contributed by atoms with Crippen molar-refractivity contribution in [3.05, 3.63) is 23.4 Å². The average Bonchev–Trinajstić information content (AvgIpc) is 3.04. The maximum atomic E-state index is 13.2. The van der Waals surface area contributed by atoms with Crippen LogP contribution in [0.15, 0.2) is 18.3 Å². The Morgan fingerprint density at radius 1 is 1.28 bits per heavy atom. The van der Waals surface area contributed by atoms with Crippen LogP contribution in [0.5, 0.6) is 5.88 Å². The Morgan fingerprint density at radius 2 is 1.97 bits per heavy atom. The third-order valence-electron chi connectivity index (χ3n) is 5.67. The Morgan fingerprint density at radius 3 is 2.53 bits per heavy atom. The van der Waals surface area contributed by atoms with Crippen LogP contribution in [-0.2, 0) is 19.6 Å². The van der Waals surface area contributed by atoms with Gasteiger partial charge in [0.25, 0.3) is 5.91 Å². The lowest BCUT2D eigenvalue weighted by molar-refractivity contribution is -0.123. The molecule has 1 atom stereocenters. The molecule has 200 valence electrons. The second-order valence-electron chi connectivity index (χ2n) is 9.81. The standard InChI is InChI=1S/C22H32ClN5O7S/c1-21(2,3)35-20(31)24-10-4-9-22(18(29)26-19(30)27-22)14-36(32,33)28-11-7-16(8-12-28)34-17-6-5-15(23)13-25-17/h5-6,13,16H,4,7-12,14H2,1-3H3,(H,24,31)(H2,26,27,29,30). The van der Waals surface area contributed by atoms with Crippen LogP contribution in [0, 0.1) is 0 Å². The summed E-state index contributed by atoms with van der Waals surface area (Å²) in [6.45, 7) is 5.73. The summed E-state index contributed by atoms with van der Waals surface area (Å²) in [5.74, 6) is -0.890. The number of carbonyl (C=O) groups is 3. The highest BCUT2D eigenvalue weighted by atomic mass is 35.5. The van der Waals surface area contributed by atoms with E-state index < -0.39 is 44.9 Å². The third kappa shape index (κ3) is 7.68. The first kappa shape index (κ1) is 27.9. The number of urea groups is 1. The first-order valence-electron chi connectivity index (χ1n) is 11.6. The van der Waals surface area contributed by atoms with Crippen molar-refractivity contribution >= 4 is 39.7 Å². The number of sulfonamides is 1. The van der Waals surface area contributed by atoms with Gasteiger partial charge in [-0.3, -0.25) is 10.1 Å². The van der Waals surface area contributed by atoms with E-state index in [0.717, 1.165) is 0 Å². The fourth-order valence-electron chi connectivity index (χ4n) is 4.01. The summed E-state index contributed by atoms with van der Waals surface area (Å²) < 4.78 is 38.8. The van der Waals surface area contributed by atoms with Crippen molar-refractivity contribution in [1.29, 1.82) is 0 Å². The first-order chi connectivity index (χ1) is 16.8. The minimum atomic E-state index is -3.90. The lowest BCUT2D eigenvalue weighted by atomic mass is 9.96. The van der Waals surface area contributed by atoms with Crippen LogP contribution in [0.4, 0.5) is 9.59 Å². The summed E-state index contributed by atoms with van der Waals surface area (Å²) in [4.78, 5) is 40.5. The lowest BCUT2D eigenvalue weighted by Gasteiger charge is -2.34. The van der Waals surface area contributed by atoms with Gasteiger partial charge in [-0.05, 0) is 52.5 Å². The summed E-state index contributed by atoms with van der Waals surface area (Å²) in [6.07, 6.45) is 1.77. The number of alkyl carbamates (subject to hydrolysis) is 1. The van der Waals surface area contributed by atoms with Gasteiger partial charge in [-0.25, -0.2) is 27.3 Å². The van der Waals surface area contributed by atoms with Gasteiger partial charge < -0.3 is 20.1 Å². The molecule has 3 rings (SSSR count). The molecular formula is C22H32ClN5O7S. The zero-order valence-corrected chi connectivity index (χ0v) is 22.1. The van der Waals surface area contributed by atoms with Gasteiger partial charge in [-0.2, -0.15) is 0 Å². The molecular weight excluding hydrogens is 514 g/mol. The number of carbonyl (C=O) groups excluding carboxylic acids is 3. The molecule has 2 aliphatic rings. The number of ether oxygens (including phenoxy) is 2. The molecule has 0 aliphatic carbocycles. The fourth-order valence-corrected chi connectivity index (χ4v) is 6.04. The van der Waals surface area contributed by atoms with Crippen molar-refractivity contribution in [2.24, 2.45) is 0 Å². The van der Waals surface area contributed by atoms with Crippen molar-refractivity contribution in [1.82, 2.24) is 25.2 Å². The molecule has 1 unspecified atom stereocenters. The number of pyridine rings is 1. The first-order valence-corrected chi connectivity index (χ1v) is 13.6. The van der Waals surface area contributed by atoms with E-state index in [4.69, 9.17) is 21.1 Å². The highest BCUT2D eigenvalue weighted by molar-refractivity contribution is 7.89. The van der Waals surface area contributed by atoms with Gasteiger partial charge in [-0.1, -0.05) is 11.6 Å². The molecule has 14 heteroatoms. The van der Waals surface area contributed by atoms with Crippen LogP contribution in [0.1, 0.15) is 46.5 Å². The molecule has 0 bridgehead atoms. The molecule has 4 amide bonds. The third-order valence-corrected chi connectivity index (χ3v) is 7.91. The molecule has 1 aromatic heterocycles. The number of piperidine rings is 1. The number of aromatic nitrogens is 1. The zero-order valence-electron chi connectivity index (χ0n) is 20.5. The summed E-state index contributed by atoms with van der Waals surface area (Å²) in [7, 11) is -3.90. The van der Waals surface area contributed by atoms with E-state index in [1.807, 2.05) is 0 Å². The van der Waals surface area contributed by atoms with E-state index in [2.05, 4.69) is 20.9 Å². The van der Waals surface area contributed by atoms with Crippen molar-refractivity contribution in [3.8, 4) is 5.88 Å². The number of halogens is 1. The van der Waals surface area contributed by atoms with Gasteiger partial charge in [0, 0.05) is 31.9 Å². The van der Waals surface area contributed by atoms with Crippen LogP contribution in [0.2, 0.25) is 5.02 Å². The molecule has 36 heavy (non-hydrogen) atoms. The van der Waals surface area contributed by atoms with Crippen molar-refractivity contribution in [2.45, 2.75) is 63.7 Å². The van der Waals surface area contributed by atoms with E-state index in [0.29, 0.717) is 23.7 Å². The van der Waals surface area contributed by atoms with E-state index in [1.54, 1.807) is 32.9 Å². The highest BCUT2D eigenvalue weighted by Crippen LogP contribution is 2.25. The SMILES string of the molecule is CC(C)(C)OC(=O)NCCCC1(CS(=O)(=O)N2CCC(Oc3ccc(Cl)cn3)CC2)NC(=O)NC1=O. The summed E-state index contributed by atoms with van der Waals surface area (Å²) in [5.41, 5.74) is -2.30. The molecule has 3 N–H and O–H groups in total. The molecule has 2 aliphatic heterocycles. The molecule has 0 saturated carbocycles. The van der Waals surface area contributed by atoms with Gasteiger partial charge in [0.2, 0.25) is 15.9 Å². The summed E-state index contributed by atoms with van der Waals surface area (Å²) in [6, 6.07) is 2.55. The number of imide groups is 1. The lowest BCUT2D eigenvalue weighted by Crippen LogP contribution is -2.56. The summed E-state index contributed by atoms with van der Waals surface area (Å²) >= 11 is 5.83. The van der Waals surface area contributed by atoms with Crippen LogP contribution >= 0.6 is 11.6 Å². The van der Waals surface area contributed by atoms with Crippen LogP contribution in [-0.4, -0.2) is 78.4 Å². The molecule has 2 saturated heterocycles. The molecule has 1 aromatic rings. The molecule has 12 nitrogen and oxygen atoms in total. The van der Waals surface area contributed by atoms with E-state index in [9.17, 15) is 22.8 Å². The monoisotopic (exact) mass is 545 g/mol. The van der Waals surface area contributed by atoms with Gasteiger partial charge >= 0.3 is 12.1 Å². The van der Waals surface area contributed by atoms with E-state index >= 15 is 0 Å². The number of nitrogens with zero attached hydrogens (tertiary/aromatic N) is 2. The van der Waals surface area contributed by atoms with Gasteiger partial charge in [0.05, 0.1) is 10.8 Å². The second-order valence-corrected chi connectivity index (χ2v) is 12.2. The molecule has 0 radical (unpaired) electrons. The molecule has 3 heterocycles. The fraction of sp³-hybridized carbons (Fsp3) is 0.636. The predicted molar refractivity (Wildman–Crippen MR) is 131 cm³/mol. The molecule has 0 spiro atoms. The highest BCUT2D eigenvalue weighted by Gasteiger charge is 2.50. The number of hydrogen-bond donors (Lipinski definition) is 3. The van der Waals surface area contributed by atoms with E-state index in [1.165, 1.54) is 10.5 Å². The molecule has 2 fully saturated rings. The van der Waals surface area contributed by atoms with Crippen LogP contribution in [0.3, 0.4) is 0 Å². The Bertz CT molecular complexity index is 1070. The maximum Gasteiger partial charge on any atom is 0.407 e. The van der Waals surface area contributed by atoms with Gasteiger partial charge in [-0.15, -0.1) is 0 Å². The Kier molecular flexibility index (Phi) is 8.67. The van der Waals surface area contributed by atoms with Crippen molar-refractivity contribution in [3.63, 3.8) is 0 Å². The zero-order chi connectivity index (χ0) is 26.6. The maximum absolute atomic E-state index is 13.2. The van der Waals surface area contributed by atoms with Crippen LogP contribution < -0.4 is 20.7 Å². The Labute approximate surface area is 215 Å². The minimum Gasteiger partial charge on any atom is -0.474 e. The topological polar surface area (TPSA) is 156 Å². The predicted octanol–water partition coefficient (Wildman–Crippen LogP) is 1.79. The Balaban J connectivity index is 1.56. The quantitative estimate of drug-likeness (QED) is 0.313. The van der Waals surface area contributed by atoms with E-state index in [-0.39, 0.29) is 38.6 Å². The van der Waals surface area contributed by atoms with Crippen molar-refractivity contribution in [2.75, 3.05) is 25.4 Å². The average molecular weight is 546 g/mol. The van der Waals surface area contributed by atoms with Gasteiger partial charge in [0.15, 0.2) is 0 Å². The minimum absolute atomic E-state index is 0.0153. The number of amides is 4. The smallest absolute Gasteiger partial charge is 0.407 e. The summed E-state index contributed by atoms with van der Waals surface area (Å²) in [5, 5.41) is 7.68. The number of rotatable bonds is 9. The normalized spacial score (nSPS) is 21.6. The second kappa shape index (κ2) is 11.2. The number of nitrogens with one attached hydrogen (secondary N) is 3.